The summed E-state index contributed by atoms with van der Waals surface area (Å²) in [7, 11) is 1.65. The standard InChI is InChI=1S/C25H25FN6O2S2/c1-34-10-14-11-35-21-16(15-6-7-18(26)22-19(15)29-24(27)36-22)4-5-17-20(21)32(14)25(33)30-23(17)31-8-12-2-3-13(9-31)28-12/h4-7,12-14,28H,2-3,8-11H2,1H3,(H2,27,29)/t12?,13?,14-/m0/s1. The number of benzene rings is 2. The van der Waals surface area contributed by atoms with Crippen LogP contribution in [-0.2, 0) is 4.74 Å². The number of halogens is 1. The highest BCUT2D eigenvalue weighted by Crippen LogP contribution is 2.46. The molecule has 2 aromatic carbocycles. The molecule has 0 amide bonds. The van der Waals surface area contributed by atoms with E-state index in [0.29, 0.717) is 39.8 Å². The number of nitrogens with zero attached hydrogens (tertiary/aromatic N) is 4. The number of nitrogen functional groups attached to an aromatic ring is 1. The van der Waals surface area contributed by atoms with E-state index in [1.54, 1.807) is 29.5 Å². The second kappa shape index (κ2) is 8.41. The fourth-order valence-corrected chi connectivity index (χ4v) is 8.02. The Morgan fingerprint density at radius 3 is 2.72 bits per heavy atom. The molecule has 0 radical (unpaired) electrons. The van der Waals surface area contributed by atoms with Gasteiger partial charge < -0.3 is 20.7 Å². The summed E-state index contributed by atoms with van der Waals surface area (Å²) < 4.78 is 22.3. The van der Waals surface area contributed by atoms with Crippen LogP contribution in [0.2, 0.25) is 0 Å². The highest BCUT2D eigenvalue weighted by atomic mass is 32.2. The number of fused-ring (bicyclic) bond motifs is 3. The first-order chi connectivity index (χ1) is 17.5. The quantitative estimate of drug-likeness (QED) is 0.418. The number of hydrogen-bond acceptors (Lipinski definition) is 9. The summed E-state index contributed by atoms with van der Waals surface area (Å²) in [5.41, 5.74) is 8.85. The van der Waals surface area contributed by atoms with E-state index in [2.05, 4.69) is 32.3 Å². The molecule has 3 N–H and O–H groups in total. The maximum atomic E-state index is 14.6. The average molecular weight is 525 g/mol. The number of hydrogen-bond donors (Lipinski definition) is 2. The molecule has 3 atom stereocenters. The van der Waals surface area contributed by atoms with Gasteiger partial charge in [-0.25, -0.2) is 14.2 Å². The molecule has 0 aliphatic carbocycles. The second-order valence-corrected chi connectivity index (χ2v) is 11.8. The molecule has 2 unspecified atom stereocenters. The van der Waals surface area contributed by atoms with E-state index in [1.807, 2.05) is 0 Å². The van der Waals surface area contributed by atoms with Crippen molar-refractivity contribution in [2.24, 2.45) is 0 Å². The lowest BCUT2D eigenvalue weighted by atomic mass is 10.0. The molecule has 11 heteroatoms. The van der Waals surface area contributed by atoms with Gasteiger partial charge in [0.05, 0.1) is 28.4 Å². The van der Waals surface area contributed by atoms with Gasteiger partial charge >= 0.3 is 5.69 Å². The topological polar surface area (TPSA) is 98.3 Å². The fraction of sp³-hybridized carbons (Fsp3) is 0.400. The number of anilines is 2. The maximum absolute atomic E-state index is 14.6. The second-order valence-electron chi connectivity index (χ2n) is 9.71. The smallest absolute Gasteiger partial charge is 0.350 e. The molecule has 8 nitrogen and oxygen atoms in total. The summed E-state index contributed by atoms with van der Waals surface area (Å²) in [5.74, 6) is 1.09. The van der Waals surface area contributed by atoms with Gasteiger partial charge in [0, 0.05) is 53.9 Å². The highest BCUT2D eigenvalue weighted by Gasteiger charge is 2.35. The van der Waals surface area contributed by atoms with Crippen LogP contribution in [0.1, 0.15) is 18.9 Å². The van der Waals surface area contributed by atoms with E-state index in [4.69, 9.17) is 10.5 Å². The number of methoxy groups -OCH3 is 1. The number of nitrogens with two attached hydrogens (primary N) is 1. The summed E-state index contributed by atoms with van der Waals surface area (Å²) in [6, 6.07) is 8.06. The molecule has 36 heavy (non-hydrogen) atoms. The Morgan fingerprint density at radius 2 is 1.94 bits per heavy atom. The number of rotatable bonds is 4. The fourth-order valence-electron chi connectivity index (χ4n) is 5.98. The van der Waals surface area contributed by atoms with E-state index >= 15 is 0 Å². The largest absolute Gasteiger partial charge is 0.383 e. The van der Waals surface area contributed by atoms with Crippen LogP contribution in [0.5, 0.6) is 0 Å². The number of thiazole rings is 1. The molecule has 5 heterocycles. The Balaban J connectivity index is 1.49. The Hall–Kier alpha value is -2.73. The minimum Gasteiger partial charge on any atom is -0.383 e. The zero-order chi connectivity index (χ0) is 24.6. The number of aromatic nitrogens is 3. The van der Waals surface area contributed by atoms with Crippen molar-refractivity contribution in [3.05, 3.63) is 40.6 Å². The molecule has 2 aromatic heterocycles. The number of nitrogens with one attached hydrogen (secondary N) is 1. The minimum atomic E-state index is -0.332. The number of thioether (sulfide) groups is 1. The van der Waals surface area contributed by atoms with Crippen LogP contribution in [0.15, 0.2) is 34.0 Å². The van der Waals surface area contributed by atoms with Gasteiger partial charge in [-0.3, -0.25) is 4.57 Å². The molecule has 2 saturated heterocycles. The third kappa shape index (κ3) is 3.37. The third-order valence-corrected chi connectivity index (χ3v) is 9.63. The van der Waals surface area contributed by atoms with Crippen LogP contribution in [0.3, 0.4) is 0 Å². The van der Waals surface area contributed by atoms with Crippen LogP contribution < -0.4 is 21.6 Å². The van der Waals surface area contributed by atoms with Gasteiger partial charge in [-0.1, -0.05) is 17.4 Å². The van der Waals surface area contributed by atoms with E-state index in [-0.39, 0.29) is 17.5 Å². The van der Waals surface area contributed by atoms with Gasteiger partial charge in [0.2, 0.25) is 0 Å². The van der Waals surface area contributed by atoms with E-state index in [1.165, 1.54) is 6.07 Å². The zero-order valence-corrected chi connectivity index (χ0v) is 21.3. The van der Waals surface area contributed by atoms with Crippen LogP contribution in [0, 0.1) is 5.82 Å². The summed E-state index contributed by atoms with van der Waals surface area (Å²) >= 11 is 2.85. The molecule has 7 rings (SSSR count). The predicted molar refractivity (Wildman–Crippen MR) is 143 cm³/mol. The summed E-state index contributed by atoms with van der Waals surface area (Å²) in [4.78, 5) is 25.9. The van der Waals surface area contributed by atoms with E-state index in [0.717, 1.165) is 70.0 Å². The van der Waals surface area contributed by atoms with Crippen molar-refractivity contribution in [1.82, 2.24) is 19.9 Å². The Bertz CT molecular complexity index is 1570. The molecule has 2 fully saturated rings. The lowest BCUT2D eigenvalue weighted by Crippen LogP contribution is -2.52. The molecule has 4 aromatic rings. The molecule has 3 aliphatic rings. The molecule has 186 valence electrons. The molecule has 0 spiro atoms. The highest BCUT2D eigenvalue weighted by molar-refractivity contribution is 7.99. The lowest BCUT2D eigenvalue weighted by molar-refractivity contribution is 0.163. The van der Waals surface area contributed by atoms with Gasteiger partial charge in [-0.15, -0.1) is 11.8 Å². The van der Waals surface area contributed by atoms with Crippen molar-refractivity contribution >= 4 is 55.2 Å². The lowest BCUT2D eigenvalue weighted by Gasteiger charge is -2.35. The first-order valence-electron chi connectivity index (χ1n) is 12.1. The van der Waals surface area contributed by atoms with Gasteiger partial charge in [-0.05, 0) is 36.6 Å². The average Bonchev–Trinajstić information content (AvgIpc) is 3.43. The van der Waals surface area contributed by atoms with Crippen molar-refractivity contribution in [2.75, 3.05) is 43.2 Å². The number of ether oxygens (including phenoxy) is 1. The van der Waals surface area contributed by atoms with E-state index < -0.39 is 0 Å². The van der Waals surface area contributed by atoms with Crippen molar-refractivity contribution in [3.63, 3.8) is 0 Å². The molecular weight excluding hydrogens is 499 g/mol. The first kappa shape index (κ1) is 22.5. The van der Waals surface area contributed by atoms with Crippen molar-refractivity contribution in [1.29, 1.82) is 0 Å². The van der Waals surface area contributed by atoms with Crippen LogP contribution >= 0.6 is 23.1 Å². The van der Waals surface area contributed by atoms with Crippen molar-refractivity contribution in [2.45, 2.75) is 35.9 Å². The third-order valence-electron chi connectivity index (χ3n) is 7.48. The molecular formula is C25H25FN6O2S2. The molecule has 3 aliphatic heterocycles. The van der Waals surface area contributed by atoms with Gasteiger partial charge in [0.15, 0.2) is 5.13 Å². The van der Waals surface area contributed by atoms with Crippen LogP contribution in [0.25, 0.3) is 32.2 Å². The van der Waals surface area contributed by atoms with Crippen LogP contribution in [0.4, 0.5) is 15.3 Å². The monoisotopic (exact) mass is 524 g/mol. The van der Waals surface area contributed by atoms with Gasteiger partial charge in [0.1, 0.15) is 11.6 Å². The summed E-state index contributed by atoms with van der Waals surface area (Å²) in [6.45, 7) is 2.10. The van der Waals surface area contributed by atoms with Gasteiger partial charge in [-0.2, -0.15) is 4.98 Å². The maximum Gasteiger partial charge on any atom is 0.350 e. The Morgan fingerprint density at radius 1 is 1.17 bits per heavy atom. The zero-order valence-electron chi connectivity index (χ0n) is 19.7. The summed E-state index contributed by atoms with van der Waals surface area (Å²) in [5, 5.41) is 4.94. The van der Waals surface area contributed by atoms with E-state index in [9.17, 15) is 9.18 Å². The first-order valence-corrected chi connectivity index (χ1v) is 13.9. The van der Waals surface area contributed by atoms with Crippen molar-refractivity contribution < 1.29 is 9.13 Å². The SMILES string of the molecule is COC[C@H]1CSc2c(-c3ccc(F)c4sc(N)nc34)ccc3c(N4CC5CCC(C4)N5)nc(=O)n1c23. The molecule has 0 saturated carbocycles. The van der Waals surface area contributed by atoms with Gasteiger partial charge in [0.25, 0.3) is 0 Å². The predicted octanol–water partition coefficient (Wildman–Crippen LogP) is 3.63. The summed E-state index contributed by atoms with van der Waals surface area (Å²) in [6.07, 6.45) is 2.29. The normalized spacial score (nSPS) is 23.2. The van der Waals surface area contributed by atoms with Crippen molar-refractivity contribution in [3.8, 4) is 11.1 Å². The van der Waals surface area contributed by atoms with Crippen LogP contribution in [-0.4, -0.2) is 59.2 Å². The Labute approximate surface area is 214 Å². The minimum absolute atomic E-state index is 0.123. The Kier molecular flexibility index (Phi) is 5.25. The molecule has 2 bridgehead atoms. The number of piperazine rings is 1.